The van der Waals surface area contributed by atoms with E-state index in [2.05, 4.69) is 6.07 Å². The summed E-state index contributed by atoms with van der Waals surface area (Å²) in [5, 5.41) is 18.1. The van der Waals surface area contributed by atoms with Crippen molar-refractivity contribution >= 4 is 18.0 Å². The minimum absolute atomic E-state index is 0.0516. The predicted octanol–water partition coefficient (Wildman–Crippen LogP) is 5.58. The molecule has 6 nitrogen and oxygen atoms in total. The zero-order chi connectivity index (χ0) is 24.8. The van der Waals surface area contributed by atoms with Gasteiger partial charge in [0, 0.05) is 11.6 Å². The first-order valence-corrected chi connectivity index (χ1v) is 12.5. The lowest BCUT2D eigenvalue weighted by molar-refractivity contribution is -0.143. The summed E-state index contributed by atoms with van der Waals surface area (Å²) in [4.78, 5) is 23.1. The summed E-state index contributed by atoms with van der Waals surface area (Å²) in [7, 11) is 0. The van der Waals surface area contributed by atoms with E-state index in [0.29, 0.717) is 5.75 Å². The Bertz CT molecular complexity index is 1130. The molecule has 4 saturated carbocycles. The van der Waals surface area contributed by atoms with Crippen LogP contribution in [-0.2, 0) is 15.0 Å². The van der Waals surface area contributed by atoms with Gasteiger partial charge in [-0.25, -0.2) is 10.3 Å². The van der Waals surface area contributed by atoms with Crippen LogP contribution >= 0.6 is 0 Å². The SMILES string of the molecule is CC(C)(Oc1ccc(-c2ccc(C=CC(=O)O)cc2)cc1C12CC3CC(CC(C3)C1)C2)C(=O)NO. The number of rotatable bonds is 7. The highest BCUT2D eigenvalue weighted by Crippen LogP contribution is 2.62. The number of benzene rings is 2. The van der Waals surface area contributed by atoms with Gasteiger partial charge in [0.15, 0.2) is 5.60 Å². The number of aliphatic carboxylic acids is 1. The number of hydroxylamine groups is 1. The highest BCUT2D eigenvalue weighted by atomic mass is 16.5. The maximum Gasteiger partial charge on any atom is 0.328 e. The lowest BCUT2D eigenvalue weighted by Crippen LogP contribution is -2.49. The lowest BCUT2D eigenvalue weighted by atomic mass is 9.48. The van der Waals surface area contributed by atoms with E-state index >= 15 is 0 Å². The molecule has 0 saturated heterocycles. The monoisotopic (exact) mass is 475 g/mol. The Morgan fingerprint density at radius 1 is 0.971 bits per heavy atom. The fourth-order valence-corrected chi connectivity index (χ4v) is 7.06. The molecule has 0 aliphatic heterocycles. The first-order chi connectivity index (χ1) is 16.7. The molecule has 4 aliphatic carbocycles. The Labute approximate surface area is 206 Å². The maximum atomic E-state index is 12.3. The molecule has 0 atom stereocenters. The summed E-state index contributed by atoms with van der Waals surface area (Å²) in [6, 6.07) is 14.0. The molecule has 184 valence electrons. The van der Waals surface area contributed by atoms with Crippen molar-refractivity contribution in [1.82, 2.24) is 5.48 Å². The average molecular weight is 476 g/mol. The highest BCUT2D eigenvalue weighted by Gasteiger charge is 2.52. The van der Waals surface area contributed by atoms with E-state index in [-0.39, 0.29) is 5.41 Å². The quantitative estimate of drug-likeness (QED) is 0.276. The molecule has 0 unspecified atom stereocenters. The third-order valence-corrected chi connectivity index (χ3v) is 8.27. The summed E-state index contributed by atoms with van der Waals surface area (Å²) in [5.41, 5.74) is 4.68. The Kier molecular flexibility index (Phi) is 5.96. The molecule has 6 heteroatoms. The van der Waals surface area contributed by atoms with Gasteiger partial charge in [0.25, 0.3) is 5.91 Å². The van der Waals surface area contributed by atoms with Crippen LogP contribution in [0.1, 0.15) is 63.5 Å². The number of nitrogens with one attached hydrogen (secondary N) is 1. The van der Waals surface area contributed by atoms with E-state index in [1.807, 2.05) is 36.4 Å². The normalized spacial score (nSPS) is 27.2. The van der Waals surface area contributed by atoms with Gasteiger partial charge in [-0.2, -0.15) is 0 Å². The molecule has 2 aromatic carbocycles. The molecule has 2 aromatic rings. The van der Waals surface area contributed by atoms with Gasteiger partial charge in [-0.05, 0) is 110 Å². The first kappa shape index (κ1) is 23.6. The molecule has 0 aromatic heterocycles. The van der Waals surface area contributed by atoms with Gasteiger partial charge in [-0.1, -0.05) is 30.3 Å². The molecular formula is C29H33NO5. The van der Waals surface area contributed by atoms with Gasteiger partial charge in [-0.3, -0.25) is 10.0 Å². The summed E-state index contributed by atoms with van der Waals surface area (Å²) < 4.78 is 6.30. The zero-order valence-electron chi connectivity index (χ0n) is 20.3. The lowest BCUT2D eigenvalue weighted by Gasteiger charge is -2.57. The van der Waals surface area contributed by atoms with E-state index in [4.69, 9.17) is 9.84 Å². The molecule has 0 spiro atoms. The molecule has 1 amide bonds. The number of carbonyl (C=O) groups is 2. The largest absolute Gasteiger partial charge is 0.478 e. The first-order valence-electron chi connectivity index (χ1n) is 12.5. The van der Waals surface area contributed by atoms with Crippen LogP contribution in [-0.4, -0.2) is 27.8 Å². The number of carboxylic acids is 1. The Hall–Kier alpha value is -3.12. The molecule has 0 radical (unpaired) electrons. The molecule has 3 N–H and O–H groups in total. The molecular weight excluding hydrogens is 442 g/mol. The molecule has 0 heterocycles. The van der Waals surface area contributed by atoms with Crippen LogP contribution < -0.4 is 10.2 Å². The van der Waals surface area contributed by atoms with E-state index in [1.54, 1.807) is 25.4 Å². The number of hydrogen-bond acceptors (Lipinski definition) is 4. The van der Waals surface area contributed by atoms with Crippen LogP contribution in [0.4, 0.5) is 0 Å². The van der Waals surface area contributed by atoms with E-state index in [1.165, 1.54) is 24.8 Å². The highest BCUT2D eigenvalue weighted by molar-refractivity contribution is 5.85. The van der Waals surface area contributed by atoms with Crippen molar-refractivity contribution in [2.75, 3.05) is 0 Å². The van der Waals surface area contributed by atoms with Crippen LogP contribution in [0.15, 0.2) is 48.5 Å². The summed E-state index contributed by atoms with van der Waals surface area (Å²) in [6.07, 6.45) is 10.2. The number of carboxylic acid groups (broad SMARTS) is 1. The van der Waals surface area contributed by atoms with Gasteiger partial charge >= 0.3 is 5.97 Å². The number of carbonyl (C=O) groups excluding carboxylic acids is 1. The maximum absolute atomic E-state index is 12.3. The standard InChI is InChI=1S/C29H33NO5/c1-28(2,27(33)30-34)35-25-9-8-23(22-6-3-18(4-7-22)5-10-26(31)32)14-24(25)29-15-19-11-20(16-29)13-21(12-19)17-29/h3-10,14,19-21,34H,11-13,15-17H2,1-2H3,(H,30,33)(H,31,32). The van der Waals surface area contributed by atoms with Crippen LogP contribution in [0.3, 0.4) is 0 Å². The third-order valence-electron chi connectivity index (χ3n) is 8.27. The van der Waals surface area contributed by atoms with E-state index in [0.717, 1.165) is 59.8 Å². The predicted molar refractivity (Wildman–Crippen MR) is 133 cm³/mol. The van der Waals surface area contributed by atoms with Crippen molar-refractivity contribution in [3.8, 4) is 16.9 Å². The molecule has 4 fully saturated rings. The fourth-order valence-electron chi connectivity index (χ4n) is 7.06. The summed E-state index contributed by atoms with van der Waals surface area (Å²) in [5.74, 6) is 1.43. The van der Waals surface area contributed by atoms with Gasteiger partial charge in [0.05, 0.1) is 0 Å². The molecule has 4 bridgehead atoms. The van der Waals surface area contributed by atoms with Gasteiger partial charge in [0.1, 0.15) is 5.75 Å². The van der Waals surface area contributed by atoms with Crippen molar-refractivity contribution in [1.29, 1.82) is 0 Å². The minimum Gasteiger partial charge on any atom is -0.478 e. The zero-order valence-corrected chi connectivity index (χ0v) is 20.3. The summed E-state index contributed by atoms with van der Waals surface area (Å²) >= 11 is 0. The van der Waals surface area contributed by atoms with E-state index in [9.17, 15) is 14.8 Å². The summed E-state index contributed by atoms with van der Waals surface area (Å²) in [6.45, 7) is 3.33. The third kappa shape index (κ3) is 4.59. The number of ether oxygens (including phenoxy) is 1. The van der Waals surface area contributed by atoms with Crippen molar-refractivity contribution in [2.45, 2.75) is 63.4 Å². The molecule has 4 aliphatic rings. The Morgan fingerprint density at radius 2 is 1.54 bits per heavy atom. The fraction of sp³-hybridized carbons (Fsp3) is 0.448. The smallest absolute Gasteiger partial charge is 0.328 e. The van der Waals surface area contributed by atoms with Crippen LogP contribution in [0, 0.1) is 17.8 Å². The van der Waals surface area contributed by atoms with Gasteiger partial charge < -0.3 is 9.84 Å². The number of amides is 1. The van der Waals surface area contributed by atoms with Crippen molar-refractivity contribution < 1.29 is 24.6 Å². The van der Waals surface area contributed by atoms with Crippen LogP contribution in [0.25, 0.3) is 17.2 Å². The Balaban J connectivity index is 1.54. The average Bonchev–Trinajstić information content (AvgIpc) is 2.81. The second-order valence-electron chi connectivity index (χ2n) is 11.3. The van der Waals surface area contributed by atoms with Crippen molar-refractivity contribution in [2.24, 2.45) is 17.8 Å². The van der Waals surface area contributed by atoms with Crippen LogP contribution in [0.2, 0.25) is 0 Å². The molecule has 6 rings (SSSR count). The van der Waals surface area contributed by atoms with Gasteiger partial charge in [-0.15, -0.1) is 0 Å². The van der Waals surface area contributed by atoms with Crippen LogP contribution in [0.5, 0.6) is 5.75 Å². The topological polar surface area (TPSA) is 95.9 Å². The molecule has 35 heavy (non-hydrogen) atoms. The van der Waals surface area contributed by atoms with E-state index < -0.39 is 17.5 Å². The van der Waals surface area contributed by atoms with Crippen molar-refractivity contribution in [3.63, 3.8) is 0 Å². The van der Waals surface area contributed by atoms with Gasteiger partial charge in [0.2, 0.25) is 0 Å². The number of hydrogen-bond donors (Lipinski definition) is 3. The van der Waals surface area contributed by atoms with Crippen molar-refractivity contribution in [3.05, 3.63) is 59.7 Å². The minimum atomic E-state index is -1.22. The second kappa shape index (κ2) is 8.83. The second-order valence-corrected chi connectivity index (χ2v) is 11.3. The Morgan fingerprint density at radius 3 is 2.09 bits per heavy atom.